The topological polar surface area (TPSA) is 49.6 Å². The Hall–Kier alpha value is -1.39. The maximum Gasteiger partial charge on any atom is 0.239 e. The molecule has 24 heavy (non-hydrogen) atoms. The monoisotopic (exact) mass is 329 g/mol. The minimum Gasteiger partial charge on any atom is -0.341 e. The second-order valence-electron chi connectivity index (χ2n) is 7.51. The number of amides is 1. The molecule has 0 aliphatic carbocycles. The second-order valence-corrected chi connectivity index (χ2v) is 7.51. The van der Waals surface area contributed by atoms with Crippen LogP contribution in [0.4, 0.5) is 0 Å². The van der Waals surface area contributed by atoms with E-state index in [9.17, 15) is 4.79 Å². The third kappa shape index (κ3) is 4.17. The van der Waals surface area contributed by atoms with Crippen LogP contribution in [0.15, 0.2) is 30.3 Å². The van der Waals surface area contributed by atoms with Crippen molar-refractivity contribution >= 4 is 5.91 Å². The van der Waals surface area contributed by atoms with Crippen LogP contribution in [0.1, 0.15) is 44.6 Å². The van der Waals surface area contributed by atoms with Crippen LogP contribution < -0.4 is 5.73 Å². The van der Waals surface area contributed by atoms with E-state index in [4.69, 9.17) is 5.73 Å². The summed E-state index contributed by atoms with van der Waals surface area (Å²) in [5, 5.41) is 0. The van der Waals surface area contributed by atoms with Gasteiger partial charge in [-0.15, -0.1) is 0 Å². The third-order valence-electron chi connectivity index (χ3n) is 5.64. The van der Waals surface area contributed by atoms with E-state index in [-0.39, 0.29) is 12.1 Å². The number of carbonyl (C=O) groups is 1. The Labute approximate surface area is 146 Å². The highest BCUT2D eigenvalue weighted by molar-refractivity contribution is 5.82. The molecule has 3 unspecified atom stereocenters. The van der Waals surface area contributed by atoms with Gasteiger partial charge in [0.05, 0.1) is 6.04 Å². The zero-order valence-electron chi connectivity index (χ0n) is 14.9. The van der Waals surface area contributed by atoms with E-state index >= 15 is 0 Å². The van der Waals surface area contributed by atoms with Crippen molar-refractivity contribution in [3.63, 3.8) is 0 Å². The Kier molecular flexibility index (Phi) is 5.90. The number of rotatable bonds is 4. The summed E-state index contributed by atoms with van der Waals surface area (Å²) in [5.74, 6) is 0.782. The summed E-state index contributed by atoms with van der Waals surface area (Å²) >= 11 is 0. The van der Waals surface area contributed by atoms with E-state index in [2.05, 4.69) is 41.0 Å². The van der Waals surface area contributed by atoms with Crippen molar-refractivity contribution in [1.82, 2.24) is 9.80 Å². The Balaban J connectivity index is 1.67. The fourth-order valence-corrected chi connectivity index (χ4v) is 4.13. The molecule has 4 heteroatoms. The molecule has 2 N–H and O–H groups in total. The van der Waals surface area contributed by atoms with E-state index in [1.807, 2.05) is 6.07 Å². The van der Waals surface area contributed by atoms with Crippen molar-refractivity contribution < 1.29 is 4.79 Å². The molecule has 132 valence electrons. The van der Waals surface area contributed by atoms with Crippen molar-refractivity contribution in [3.05, 3.63) is 35.9 Å². The van der Waals surface area contributed by atoms with Gasteiger partial charge in [0.25, 0.3) is 0 Å². The number of hydrogen-bond donors (Lipinski definition) is 1. The van der Waals surface area contributed by atoms with Crippen LogP contribution in [0, 0.1) is 5.92 Å². The van der Waals surface area contributed by atoms with Gasteiger partial charge in [0.1, 0.15) is 0 Å². The summed E-state index contributed by atoms with van der Waals surface area (Å²) in [6.45, 7) is 5.71. The Morgan fingerprint density at radius 3 is 2.71 bits per heavy atom. The number of benzene rings is 1. The average Bonchev–Trinajstić information content (AvgIpc) is 2.62. The van der Waals surface area contributed by atoms with Crippen molar-refractivity contribution in [2.45, 2.75) is 57.7 Å². The summed E-state index contributed by atoms with van der Waals surface area (Å²) in [6.07, 6.45) is 5.58. The lowest BCUT2D eigenvalue weighted by atomic mass is 9.91. The van der Waals surface area contributed by atoms with Crippen molar-refractivity contribution in [2.24, 2.45) is 11.7 Å². The highest BCUT2D eigenvalue weighted by Gasteiger charge is 2.34. The molecule has 3 rings (SSSR count). The molecule has 2 heterocycles. The average molecular weight is 329 g/mol. The summed E-state index contributed by atoms with van der Waals surface area (Å²) in [6, 6.07) is 10.7. The number of nitrogens with two attached hydrogens (primary N) is 1. The molecule has 2 aliphatic heterocycles. The summed E-state index contributed by atoms with van der Waals surface area (Å²) in [7, 11) is 0. The van der Waals surface area contributed by atoms with Crippen LogP contribution in [0.2, 0.25) is 0 Å². The summed E-state index contributed by atoms with van der Waals surface area (Å²) in [5.41, 5.74) is 7.38. The van der Waals surface area contributed by atoms with Gasteiger partial charge in [0, 0.05) is 25.7 Å². The van der Waals surface area contributed by atoms with Gasteiger partial charge in [-0.2, -0.15) is 0 Å². The Bertz CT molecular complexity index is 531. The number of piperidine rings is 2. The van der Waals surface area contributed by atoms with Gasteiger partial charge in [-0.25, -0.2) is 0 Å². The molecule has 1 amide bonds. The molecule has 3 atom stereocenters. The standard InChI is InChI=1S/C20H31N3O/c1-16(21)18-10-7-13-23(15-18)20(24)19-11-5-6-12-22(19)14-17-8-3-2-4-9-17/h2-4,8-9,16,18-19H,5-7,10-15,21H2,1H3. The molecular formula is C20H31N3O. The molecule has 4 nitrogen and oxygen atoms in total. The highest BCUT2D eigenvalue weighted by Crippen LogP contribution is 2.25. The van der Waals surface area contributed by atoms with Crippen LogP contribution in [-0.2, 0) is 11.3 Å². The molecule has 1 aromatic carbocycles. The molecule has 0 radical (unpaired) electrons. The first-order chi connectivity index (χ1) is 11.6. The second kappa shape index (κ2) is 8.13. The first-order valence-corrected chi connectivity index (χ1v) is 9.47. The van der Waals surface area contributed by atoms with Crippen molar-refractivity contribution in [3.8, 4) is 0 Å². The van der Waals surface area contributed by atoms with E-state index in [1.165, 1.54) is 12.0 Å². The van der Waals surface area contributed by atoms with E-state index in [1.54, 1.807) is 0 Å². The Morgan fingerprint density at radius 1 is 1.17 bits per heavy atom. The zero-order valence-corrected chi connectivity index (χ0v) is 14.9. The Morgan fingerprint density at radius 2 is 1.96 bits per heavy atom. The van der Waals surface area contributed by atoms with Crippen LogP contribution >= 0.6 is 0 Å². The molecule has 2 saturated heterocycles. The molecule has 0 bridgehead atoms. The van der Waals surface area contributed by atoms with Crippen molar-refractivity contribution in [1.29, 1.82) is 0 Å². The fourth-order valence-electron chi connectivity index (χ4n) is 4.13. The minimum absolute atomic E-state index is 0.0470. The molecule has 0 saturated carbocycles. The normalized spacial score (nSPS) is 27.0. The number of carbonyl (C=O) groups excluding carboxylic acids is 1. The van der Waals surface area contributed by atoms with Gasteiger partial charge < -0.3 is 10.6 Å². The fraction of sp³-hybridized carbons (Fsp3) is 0.650. The molecule has 2 fully saturated rings. The lowest BCUT2D eigenvalue weighted by Gasteiger charge is -2.41. The van der Waals surface area contributed by atoms with Crippen LogP contribution in [0.5, 0.6) is 0 Å². The zero-order chi connectivity index (χ0) is 16.9. The smallest absolute Gasteiger partial charge is 0.239 e. The molecular weight excluding hydrogens is 298 g/mol. The number of hydrogen-bond acceptors (Lipinski definition) is 3. The van der Waals surface area contributed by atoms with E-state index in [0.29, 0.717) is 11.8 Å². The maximum absolute atomic E-state index is 13.2. The van der Waals surface area contributed by atoms with Gasteiger partial charge in [-0.1, -0.05) is 36.8 Å². The van der Waals surface area contributed by atoms with Gasteiger partial charge in [-0.3, -0.25) is 9.69 Å². The lowest BCUT2D eigenvalue weighted by Crippen LogP contribution is -2.54. The predicted octanol–water partition coefficient (Wildman–Crippen LogP) is 2.63. The summed E-state index contributed by atoms with van der Waals surface area (Å²) in [4.78, 5) is 17.6. The summed E-state index contributed by atoms with van der Waals surface area (Å²) < 4.78 is 0. The van der Waals surface area contributed by atoms with Crippen LogP contribution in [0.25, 0.3) is 0 Å². The lowest BCUT2D eigenvalue weighted by molar-refractivity contribution is -0.140. The van der Waals surface area contributed by atoms with Gasteiger partial charge in [0.2, 0.25) is 5.91 Å². The van der Waals surface area contributed by atoms with Crippen LogP contribution in [0.3, 0.4) is 0 Å². The molecule has 1 aromatic rings. The first-order valence-electron chi connectivity index (χ1n) is 9.47. The first kappa shape index (κ1) is 17.4. The van der Waals surface area contributed by atoms with E-state index in [0.717, 1.165) is 51.9 Å². The maximum atomic E-state index is 13.2. The molecule has 0 spiro atoms. The van der Waals surface area contributed by atoms with Gasteiger partial charge in [0.15, 0.2) is 0 Å². The third-order valence-corrected chi connectivity index (χ3v) is 5.64. The van der Waals surface area contributed by atoms with Crippen molar-refractivity contribution in [2.75, 3.05) is 19.6 Å². The molecule has 2 aliphatic rings. The van der Waals surface area contributed by atoms with Gasteiger partial charge >= 0.3 is 0 Å². The van der Waals surface area contributed by atoms with Gasteiger partial charge in [-0.05, 0) is 50.6 Å². The number of likely N-dealkylation sites (tertiary alicyclic amines) is 2. The predicted molar refractivity (Wildman–Crippen MR) is 97.4 cm³/mol. The highest BCUT2D eigenvalue weighted by atomic mass is 16.2. The number of nitrogens with zero attached hydrogens (tertiary/aromatic N) is 2. The quantitative estimate of drug-likeness (QED) is 0.924. The minimum atomic E-state index is 0.0470. The largest absolute Gasteiger partial charge is 0.341 e. The van der Waals surface area contributed by atoms with Crippen LogP contribution in [-0.4, -0.2) is 47.4 Å². The van der Waals surface area contributed by atoms with E-state index < -0.39 is 0 Å². The molecule has 0 aromatic heterocycles. The SMILES string of the molecule is CC(N)C1CCCN(C(=O)C2CCCCN2Cc2ccccc2)C1.